The number of hydrogen-bond donors (Lipinski definition) is 4. The molecule has 0 aliphatic carbocycles. The standard InChI is InChI=1S/3C20H14N4O4S2.C2H4O2/c3*1-28-16-8-7-12(9-15(16)24(26)27)18-13(10-17-19(25)21-20(29)30-17)11-23(22-18)14-5-3-2-4-6-14;1-2(3)4/h3*2-11H,1H3,(H,21,25,29);1H3,(H,3,4)/b3*17-10-;. The molecule has 3 fully saturated rings. The van der Waals surface area contributed by atoms with Crippen molar-refractivity contribution in [3.8, 4) is 68.1 Å². The number of benzene rings is 6. The third-order valence-corrected chi connectivity index (χ3v) is 16.5. The molecule has 3 aliphatic rings. The highest BCUT2D eigenvalue weighted by Gasteiger charge is 2.28. The van der Waals surface area contributed by atoms with Gasteiger partial charge < -0.3 is 35.3 Å². The van der Waals surface area contributed by atoms with Gasteiger partial charge in [-0.05, 0) is 91.0 Å². The van der Waals surface area contributed by atoms with Crippen molar-refractivity contribution >= 4 is 144 Å². The third kappa shape index (κ3) is 16.3. The van der Waals surface area contributed by atoms with Crippen LogP contribution in [0.4, 0.5) is 17.1 Å². The highest BCUT2D eigenvalue weighted by molar-refractivity contribution is 8.27. The molecule has 3 aliphatic heterocycles. The number of carbonyl (C=O) groups excluding carboxylic acids is 3. The van der Waals surface area contributed by atoms with E-state index < -0.39 is 20.7 Å². The minimum atomic E-state index is -0.833. The molecule has 12 rings (SSSR count). The second kappa shape index (κ2) is 30.4. The maximum absolute atomic E-state index is 12.1. The number of nitro benzene ring substituents is 3. The van der Waals surface area contributed by atoms with Crippen LogP contribution in [0.1, 0.15) is 23.6 Å². The predicted octanol–water partition coefficient (Wildman–Crippen LogP) is 11.9. The highest BCUT2D eigenvalue weighted by atomic mass is 32.2. The molecule has 0 atom stereocenters. The van der Waals surface area contributed by atoms with Gasteiger partial charge in [-0.25, -0.2) is 14.0 Å². The number of para-hydroxylation sites is 3. The van der Waals surface area contributed by atoms with E-state index >= 15 is 0 Å². The minimum Gasteiger partial charge on any atom is -0.490 e. The lowest BCUT2D eigenvalue weighted by Crippen LogP contribution is -2.17. The number of ether oxygens (including phenoxy) is 3. The molecule has 26 nitrogen and oxygen atoms in total. The largest absolute Gasteiger partial charge is 0.490 e. The number of thiocarbonyl (C=S) groups is 3. The number of hydrogen-bond acceptors (Lipinski definition) is 22. The molecule has 0 radical (unpaired) electrons. The number of carbonyl (C=O) groups is 4. The first-order valence-corrected chi connectivity index (χ1v) is 30.7. The first-order valence-electron chi connectivity index (χ1n) is 27.0. The Morgan fingerprint density at radius 2 is 0.713 bits per heavy atom. The van der Waals surface area contributed by atoms with Crippen LogP contribution in [0.3, 0.4) is 0 Å². The van der Waals surface area contributed by atoms with Crippen LogP contribution in [0.2, 0.25) is 0 Å². The van der Waals surface area contributed by atoms with Crippen molar-refractivity contribution in [2.24, 2.45) is 0 Å². The van der Waals surface area contributed by atoms with Crippen molar-refractivity contribution in [2.75, 3.05) is 21.3 Å². The molecule has 0 spiro atoms. The van der Waals surface area contributed by atoms with Gasteiger partial charge in [0.2, 0.25) is 0 Å². The Kier molecular flexibility index (Phi) is 21.8. The van der Waals surface area contributed by atoms with Crippen molar-refractivity contribution in [3.63, 3.8) is 0 Å². The van der Waals surface area contributed by atoms with Crippen LogP contribution in [0.15, 0.2) is 179 Å². The number of rotatable bonds is 15. The second-order valence-corrected chi connectivity index (χ2v) is 24.3. The molecule has 9 aromatic rings. The summed E-state index contributed by atoms with van der Waals surface area (Å²) in [5.41, 5.74) is 6.84. The van der Waals surface area contributed by atoms with E-state index in [1.165, 1.54) is 57.7 Å². The molecule has 6 heterocycles. The normalized spacial score (nSPS) is 14.4. The lowest BCUT2D eigenvalue weighted by molar-refractivity contribution is -0.385. The number of carboxylic acids is 1. The predicted molar refractivity (Wildman–Crippen MR) is 369 cm³/mol. The zero-order chi connectivity index (χ0) is 67.3. The summed E-state index contributed by atoms with van der Waals surface area (Å²) >= 11 is 18.6. The lowest BCUT2D eigenvalue weighted by Gasteiger charge is -2.04. The monoisotopic (exact) mass is 1370 g/mol. The number of methoxy groups -OCH3 is 3. The van der Waals surface area contributed by atoms with E-state index in [0.717, 1.165) is 59.3 Å². The number of thioether (sulfide) groups is 3. The fourth-order valence-corrected chi connectivity index (χ4v) is 12.0. The molecule has 3 saturated heterocycles. The Hall–Kier alpha value is -11.0. The Morgan fingerprint density at radius 3 is 0.915 bits per heavy atom. The summed E-state index contributed by atoms with van der Waals surface area (Å²) in [4.78, 5) is 79.5. The number of amides is 3. The van der Waals surface area contributed by atoms with Gasteiger partial charge >= 0.3 is 17.1 Å². The van der Waals surface area contributed by atoms with Crippen LogP contribution in [-0.4, -0.2) is 107 Å². The topological polar surface area (TPSA) is 335 Å². The van der Waals surface area contributed by atoms with Gasteiger partial charge in [0, 0.05) is 77.1 Å². The molecule has 94 heavy (non-hydrogen) atoms. The number of carboxylic acid groups (broad SMARTS) is 1. The van der Waals surface area contributed by atoms with Crippen molar-refractivity contribution < 1.29 is 53.3 Å². The van der Waals surface area contributed by atoms with Crippen LogP contribution in [0, 0.1) is 30.3 Å². The van der Waals surface area contributed by atoms with Crippen molar-refractivity contribution in [1.29, 1.82) is 0 Å². The van der Waals surface area contributed by atoms with Crippen molar-refractivity contribution in [2.45, 2.75) is 6.92 Å². The molecule has 6 aromatic carbocycles. The molecule has 3 aromatic heterocycles. The fraction of sp³-hybridized carbons (Fsp3) is 0.0645. The summed E-state index contributed by atoms with van der Waals surface area (Å²) in [6, 6.07) is 42.2. The molecule has 4 N–H and O–H groups in total. The molecule has 32 heteroatoms. The van der Waals surface area contributed by atoms with E-state index in [1.807, 2.05) is 91.0 Å². The van der Waals surface area contributed by atoms with E-state index in [-0.39, 0.29) is 52.0 Å². The molecule has 0 saturated carbocycles. The molecule has 0 bridgehead atoms. The van der Waals surface area contributed by atoms with Gasteiger partial charge in [-0.2, -0.15) is 15.3 Å². The summed E-state index contributed by atoms with van der Waals surface area (Å²) in [6.45, 7) is 1.08. The molecular weight excluding hydrogens is 1330 g/mol. The second-order valence-electron chi connectivity index (χ2n) is 19.1. The SMILES string of the molecule is CC(=O)O.COc1ccc(-c2nn(-c3ccccc3)cc2/C=C2\SC(=S)NC2=O)cc1[N+](=O)[O-].COc1ccc(-c2nn(-c3ccccc3)cc2/C=C2\SC(=S)NC2=O)cc1[N+](=O)[O-].COc1ccc(-c2nn(-c3ccccc3)cc2/C=C2\SC(=S)NC2=O)cc1[N+](=O)[O-]. The Balaban J connectivity index is 0.000000161. The Labute approximate surface area is 561 Å². The van der Waals surface area contributed by atoms with E-state index in [0.29, 0.717) is 78.1 Å². The Morgan fingerprint density at radius 1 is 0.468 bits per heavy atom. The van der Waals surface area contributed by atoms with Gasteiger partial charge in [-0.3, -0.25) is 49.5 Å². The summed E-state index contributed by atoms with van der Waals surface area (Å²) in [7, 11) is 4.13. The Bertz CT molecular complexity index is 4180. The van der Waals surface area contributed by atoms with Crippen LogP contribution < -0.4 is 30.2 Å². The van der Waals surface area contributed by atoms with Crippen LogP contribution in [0.25, 0.3) is 69.1 Å². The minimum absolute atomic E-state index is 0.155. The van der Waals surface area contributed by atoms with Gasteiger partial charge in [-0.1, -0.05) is 127 Å². The van der Waals surface area contributed by atoms with E-state index in [1.54, 1.807) is 69.1 Å². The van der Waals surface area contributed by atoms with Gasteiger partial charge in [0.15, 0.2) is 17.2 Å². The van der Waals surface area contributed by atoms with Crippen LogP contribution >= 0.6 is 71.9 Å². The zero-order valence-corrected chi connectivity index (χ0v) is 53.9. The summed E-state index contributed by atoms with van der Waals surface area (Å²) in [5.74, 6) is -1.23. The first kappa shape index (κ1) is 67.4. The summed E-state index contributed by atoms with van der Waals surface area (Å²) < 4.78 is 21.4. The number of nitrogens with one attached hydrogen (secondary N) is 3. The highest BCUT2D eigenvalue weighted by Crippen LogP contribution is 2.39. The summed E-state index contributed by atoms with van der Waals surface area (Å²) in [5, 5.41) is 63.4. The number of aliphatic carboxylic acids is 1. The molecule has 3 amide bonds. The smallest absolute Gasteiger partial charge is 0.311 e. The van der Waals surface area contributed by atoms with E-state index in [4.69, 9.17) is 60.8 Å². The van der Waals surface area contributed by atoms with Crippen molar-refractivity contribution in [3.05, 3.63) is 226 Å². The molecule has 0 unspecified atom stereocenters. The van der Waals surface area contributed by atoms with Gasteiger partial charge in [0.25, 0.3) is 23.7 Å². The zero-order valence-electron chi connectivity index (χ0n) is 49.0. The van der Waals surface area contributed by atoms with Crippen LogP contribution in [-0.2, 0) is 19.2 Å². The number of nitro groups is 3. The van der Waals surface area contributed by atoms with Crippen LogP contribution in [0.5, 0.6) is 17.2 Å². The number of nitrogens with zero attached hydrogens (tertiary/aromatic N) is 9. The van der Waals surface area contributed by atoms with Crippen molar-refractivity contribution in [1.82, 2.24) is 45.3 Å². The fourth-order valence-electron chi connectivity index (χ4n) is 8.92. The quantitative estimate of drug-likeness (QED) is 0.0320. The third-order valence-electron chi connectivity index (χ3n) is 13.0. The maximum atomic E-state index is 12.1. The lowest BCUT2D eigenvalue weighted by atomic mass is 10.1. The molecule has 474 valence electrons. The average molecular weight is 1380 g/mol. The molecular formula is C62H46N12O14S6. The van der Waals surface area contributed by atoms with Gasteiger partial charge in [0.1, 0.15) is 30.0 Å². The number of aromatic nitrogens is 6. The summed E-state index contributed by atoms with van der Waals surface area (Å²) in [6.07, 6.45) is 10.3. The first-order chi connectivity index (χ1) is 45.1. The maximum Gasteiger partial charge on any atom is 0.311 e. The van der Waals surface area contributed by atoms with E-state index in [9.17, 15) is 44.7 Å². The van der Waals surface area contributed by atoms with Gasteiger partial charge in [-0.15, -0.1) is 0 Å². The van der Waals surface area contributed by atoms with E-state index in [2.05, 4.69) is 31.2 Å². The van der Waals surface area contributed by atoms with Gasteiger partial charge in [0.05, 0.1) is 67.9 Å². The average Bonchev–Trinajstić information content (AvgIpc) is 1.97.